The highest BCUT2D eigenvalue weighted by molar-refractivity contribution is 7.15. The second-order valence-electron chi connectivity index (χ2n) is 8.95. The average Bonchev–Trinajstić information content (AvgIpc) is 3.15. The topological polar surface area (TPSA) is 71.9 Å². The molecule has 0 bridgehead atoms. The number of aromatic nitrogens is 1. The predicted molar refractivity (Wildman–Crippen MR) is 114 cm³/mol. The molecule has 0 aliphatic carbocycles. The van der Waals surface area contributed by atoms with E-state index in [1.165, 1.54) is 24.5 Å². The second-order valence-corrected chi connectivity index (χ2v) is 10.1. The fourth-order valence-electron chi connectivity index (χ4n) is 3.92. The van der Waals surface area contributed by atoms with E-state index in [1.54, 1.807) is 24.4 Å². The molecule has 2 unspecified atom stereocenters. The molecule has 170 valence electrons. The van der Waals surface area contributed by atoms with Crippen LogP contribution in [-0.2, 0) is 16.1 Å². The van der Waals surface area contributed by atoms with Crippen molar-refractivity contribution in [2.45, 2.75) is 45.9 Å². The molecule has 1 fully saturated rings. The zero-order chi connectivity index (χ0) is 22.8. The first-order valence-corrected chi connectivity index (χ1v) is 10.9. The monoisotopic (exact) mass is 454 g/mol. The van der Waals surface area contributed by atoms with Crippen LogP contribution in [0.2, 0.25) is 0 Å². The first-order valence-electron chi connectivity index (χ1n) is 10.0. The smallest absolute Gasteiger partial charge is 0.387 e. The summed E-state index contributed by atoms with van der Waals surface area (Å²) in [6, 6.07) is 6.55. The van der Waals surface area contributed by atoms with Gasteiger partial charge in [0, 0.05) is 37.8 Å². The molecule has 1 N–H and O–H groups in total. The van der Waals surface area contributed by atoms with Crippen LogP contribution in [0, 0.1) is 11.3 Å². The van der Waals surface area contributed by atoms with E-state index in [0.29, 0.717) is 23.5 Å². The summed E-state index contributed by atoms with van der Waals surface area (Å²) in [5, 5.41) is 10.5. The van der Waals surface area contributed by atoms with Crippen LogP contribution in [0.25, 0.3) is 10.6 Å². The van der Waals surface area contributed by atoms with E-state index in [9.17, 15) is 18.7 Å². The van der Waals surface area contributed by atoms with Gasteiger partial charge in [0.1, 0.15) is 10.8 Å². The Morgan fingerprint density at radius 2 is 2.10 bits per heavy atom. The molecular weight excluding hydrogens is 426 g/mol. The lowest BCUT2D eigenvalue weighted by molar-refractivity contribution is -0.175. The number of methoxy groups -OCH3 is 1. The van der Waals surface area contributed by atoms with Gasteiger partial charge in [0.05, 0.1) is 5.56 Å². The Morgan fingerprint density at radius 3 is 2.71 bits per heavy atom. The number of carboxylic acid groups (broad SMARTS) is 1. The lowest BCUT2D eigenvalue weighted by Crippen LogP contribution is -2.58. The highest BCUT2D eigenvalue weighted by atomic mass is 32.1. The molecule has 0 saturated carbocycles. The van der Waals surface area contributed by atoms with Crippen LogP contribution in [0.3, 0.4) is 0 Å². The fraction of sp³-hybridized carbons (Fsp3) is 0.545. The van der Waals surface area contributed by atoms with E-state index in [1.807, 2.05) is 0 Å². The molecule has 1 aliphatic rings. The van der Waals surface area contributed by atoms with Crippen molar-refractivity contribution >= 4 is 17.3 Å². The Balaban J connectivity index is 1.83. The van der Waals surface area contributed by atoms with Crippen LogP contribution in [-0.4, -0.2) is 53.4 Å². The number of aliphatic carboxylic acids is 1. The molecule has 1 aliphatic heterocycles. The van der Waals surface area contributed by atoms with Gasteiger partial charge < -0.3 is 14.6 Å². The largest absolute Gasteiger partial charge is 0.479 e. The van der Waals surface area contributed by atoms with Gasteiger partial charge in [-0.05, 0) is 29.9 Å². The van der Waals surface area contributed by atoms with Crippen molar-refractivity contribution in [3.8, 4) is 16.3 Å². The van der Waals surface area contributed by atoms with Gasteiger partial charge in [0.15, 0.2) is 5.60 Å². The Labute approximate surface area is 184 Å². The zero-order valence-corrected chi connectivity index (χ0v) is 18.9. The summed E-state index contributed by atoms with van der Waals surface area (Å²) in [5.41, 5.74) is -0.842. The predicted octanol–water partition coefficient (Wildman–Crippen LogP) is 4.75. The zero-order valence-electron chi connectivity index (χ0n) is 18.1. The first kappa shape index (κ1) is 23.6. The Bertz CT molecular complexity index is 915. The van der Waals surface area contributed by atoms with Crippen LogP contribution in [0.4, 0.5) is 8.78 Å². The lowest BCUT2D eigenvalue weighted by Gasteiger charge is -2.47. The molecule has 2 atom stereocenters. The van der Waals surface area contributed by atoms with E-state index >= 15 is 0 Å². The number of para-hydroxylation sites is 1. The number of piperidine rings is 1. The van der Waals surface area contributed by atoms with Crippen LogP contribution >= 0.6 is 11.3 Å². The average molecular weight is 455 g/mol. The Morgan fingerprint density at radius 1 is 1.39 bits per heavy atom. The molecule has 1 aromatic heterocycles. The minimum atomic E-state index is -2.92. The van der Waals surface area contributed by atoms with Gasteiger partial charge in [0.25, 0.3) is 0 Å². The molecule has 2 heterocycles. The number of likely N-dealkylation sites (tertiary alicyclic amines) is 1. The van der Waals surface area contributed by atoms with Crippen molar-refractivity contribution in [2.24, 2.45) is 11.3 Å². The number of halogens is 2. The molecule has 1 saturated heterocycles. The highest BCUT2D eigenvalue weighted by Crippen LogP contribution is 2.40. The van der Waals surface area contributed by atoms with E-state index in [-0.39, 0.29) is 23.6 Å². The standard InChI is InChI=1S/C22H28F2N2O4S/c1-21(2,3)14-9-22(29-4,19(27)28)13-26(11-14)12-15-10-25-18(31-15)16-7-5-6-8-17(16)30-20(23)24/h5-8,10,14,20H,9,11-13H2,1-4H3,(H,27,28). The second kappa shape index (κ2) is 9.18. The summed E-state index contributed by atoms with van der Waals surface area (Å²) in [5.74, 6) is -0.754. The molecule has 9 heteroatoms. The molecule has 0 spiro atoms. The van der Waals surface area contributed by atoms with Gasteiger partial charge in [-0.2, -0.15) is 8.78 Å². The number of thiazole rings is 1. The molecule has 0 amide bonds. The van der Waals surface area contributed by atoms with Crippen molar-refractivity contribution < 1.29 is 28.2 Å². The van der Waals surface area contributed by atoms with E-state index in [4.69, 9.17) is 4.74 Å². The number of carbonyl (C=O) groups is 1. The number of nitrogens with zero attached hydrogens (tertiary/aromatic N) is 2. The third-order valence-corrected chi connectivity index (χ3v) is 6.82. The molecule has 1 aromatic carbocycles. The molecule has 3 rings (SSSR count). The van der Waals surface area contributed by atoms with Gasteiger partial charge in [-0.3, -0.25) is 4.90 Å². The minimum Gasteiger partial charge on any atom is -0.479 e. The van der Waals surface area contributed by atoms with Gasteiger partial charge >= 0.3 is 12.6 Å². The molecule has 31 heavy (non-hydrogen) atoms. The highest BCUT2D eigenvalue weighted by Gasteiger charge is 2.48. The van der Waals surface area contributed by atoms with Crippen molar-refractivity contribution in [1.82, 2.24) is 9.88 Å². The van der Waals surface area contributed by atoms with Crippen molar-refractivity contribution in [2.75, 3.05) is 20.2 Å². The maximum Gasteiger partial charge on any atom is 0.387 e. The van der Waals surface area contributed by atoms with E-state index in [0.717, 1.165) is 11.4 Å². The molecular formula is C22H28F2N2O4S. The summed E-state index contributed by atoms with van der Waals surface area (Å²) in [7, 11) is 1.45. The maximum atomic E-state index is 12.7. The minimum absolute atomic E-state index is 0.0773. The number of rotatable bonds is 7. The summed E-state index contributed by atoms with van der Waals surface area (Å²) >= 11 is 1.38. The van der Waals surface area contributed by atoms with Crippen LogP contribution in [0.5, 0.6) is 5.75 Å². The van der Waals surface area contributed by atoms with Gasteiger partial charge in [-0.15, -0.1) is 11.3 Å². The summed E-state index contributed by atoms with van der Waals surface area (Å²) < 4.78 is 35.6. The SMILES string of the molecule is COC1(C(=O)O)CC(C(C)(C)C)CN(Cc2cnc(-c3ccccc3OC(F)F)s2)C1. The van der Waals surface area contributed by atoms with Crippen molar-refractivity contribution in [3.63, 3.8) is 0 Å². The quantitative estimate of drug-likeness (QED) is 0.651. The van der Waals surface area contributed by atoms with Gasteiger partial charge in [0.2, 0.25) is 0 Å². The number of ether oxygens (including phenoxy) is 2. The first-order chi connectivity index (χ1) is 14.5. The molecule has 0 radical (unpaired) electrons. The normalized spacial score (nSPS) is 22.6. The number of alkyl halides is 2. The van der Waals surface area contributed by atoms with Crippen LogP contribution in [0.15, 0.2) is 30.5 Å². The maximum absolute atomic E-state index is 12.7. The summed E-state index contributed by atoms with van der Waals surface area (Å²) in [6.45, 7) is 4.91. The third kappa shape index (κ3) is 5.39. The van der Waals surface area contributed by atoms with Crippen molar-refractivity contribution in [1.29, 1.82) is 0 Å². The lowest BCUT2D eigenvalue weighted by atomic mass is 9.71. The van der Waals surface area contributed by atoms with Crippen molar-refractivity contribution in [3.05, 3.63) is 35.3 Å². The van der Waals surface area contributed by atoms with Gasteiger partial charge in [-0.25, -0.2) is 9.78 Å². The van der Waals surface area contributed by atoms with E-state index in [2.05, 4.69) is 35.4 Å². The molecule has 2 aromatic rings. The van der Waals surface area contributed by atoms with Crippen LogP contribution in [0.1, 0.15) is 32.1 Å². The Kier molecular flexibility index (Phi) is 6.98. The summed E-state index contributed by atoms with van der Waals surface area (Å²) in [6.07, 6.45) is 2.15. The number of hydrogen-bond donors (Lipinski definition) is 1. The summed E-state index contributed by atoms with van der Waals surface area (Å²) in [4.78, 5) is 19.4. The number of carboxylic acids is 1. The third-order valence-electron chi connectivity index (χ3n) is 5.81. The number of hydrogen-bond acceptors (Lipinski definition) is 6. The Hall–Kier alpha value is -2.10. The number of benzene rings is 1. The fourth-order valence-corrected chi connectivity index (χ4v) is 4.91. The molecule has 6 nitrogen and oxygen atoms in total. The van der Waals surface area contributed by atoms with Gasteiger partial charge in [-0.1, -0.05) is 32.9 Å². The van der Waals surface area contributed by atoms with Crippen LogP contribution < -0.4 is 4.74 Å². The van der Waals surface area contributed by atoms with E-state index < -0.39 is 18.2 Å².